The Morgan fingerprint density at radius 3 is 1.94 bits per heavy atom. The minimum atomic E-state index is 0.434. The summed E-state index contributed by atoms with van der Waals surface area (Å²) in [5.74, 6) is 1.62. The smallest absolute Gasteiger partial charge is 0.00722 e. The van der Waals surface area contributed by atoms with Crippen molar-refractivity contribution >= 4 is 0 Å². The molecule has 1 nitrogen and oxygen atoms in total. The van der Waals surface area contributed by atoms with E-state index >= 15 is 0 Å². The monoisotopic (exact) mass is 227 g/mol. The summed E-state index contributed by atoms with van der Waals surface area (Å²) >= 11 is 0. The van der Waals surface area contributed by atoms with Crippen LogP contribution in [-0.4, -0.2) is 12.6 Å². The first-order valence-electron chi connectivity index (χ1n) is 7.04. The molecule has 0 aliphatic rings. The van der Waals surface area contributed by atoms with Crippen LogP contribution in [0.25, 0.3) is 0 Å². The summed E-state index contributed by atoms with van der Waals surface area (Å²) in [4.78, 5) is 0. The maximum Gasteiger partial charge on any atom is 0.00722 e. The Morgan fingerprint density at radius 2 is 1.56 bits per heavy atom. The number of rotatable bonds is 7. The van der Waals surface area contributed by atoms with E-state index in [2.05, 4.69) is 53.8 Å². The van der Waals surface area contributed by atoms with Crippen molar-refractivity contribution in [2.75, 3.05) is 6.54 Å². The van der Waals surface area contributed by atoms with Gasteiger partial charge in [0.05, 0.1) is 0 Å². The van der Waals surface area contributed by atoms with Gasteiger partial charge >= 0.3 is 0 Å². The summed E-state index contributed by atoms with van der Waals surface area (Å²) in [5.41, 5.74) is 0.434. The van der Waals surface area contributed by atoms with Crippen molar-refractivity contribution in [1.82, 2.24) is 5.32 Å². The van der Waals surface area contributed by atoms with Crippen molar-refractivity contribution < 1.29 is 0 Å². The SMILES string of the molecule is CCNC(CC(C)CC)CC(C)C(C)(C)C. The van der Waals surface area contributed by atoms with Crippen LogP contribution in [0.5, 0.6) is 0 Å². The molecule has 3 atom stereocenters. The summed E-state index contributed by atoms with van der Waals surface area (Å²) in [5, 5.41) is 3.65. The van der Waals surface area contributed by atoms with Gasteiger partial charge in [-0.05, 0) is 36.6 Å². The zero-order chi connectivity index (χ0) is 12.8. The molecule has 0 saturated carbocycles. The highest BCUT2D eigenvalue weighted by Gasteiger charge is 2.23. The van der Waals surface area contributed by atoms with Gasteiger partial charge in [0.25, 0.3) is 0 Å². The average Bonchev–Trinajstić information content (AvgIpc) is 2.16. The van der Waals surface area contributed by atoms with Gasteiger partial charge < -0.3 is 5.32 Å². The van der Waals surface area contributed by atoms with Crippen molar-refractivity contribution in [2.45, 2.75) is 73.8 Å². The van der Waals surface area contributed by atoms with E-state index in [1.807, 2.05) is 0 Å². The van der Waals surface area contributed by atoms with E-state index in [0.717, 1.165) is 18.4 Å². The Labute approximate surface area is 103 Å². The van der Waals surface area contributed by atoms with Crippen LogP contribution in [0.2, 0.25) is 0 Å². The summed E-state index contributed by atoms with van der Waals surface area (Å²) in [6.45, 7) is 17.4. The normalized spacial score (nSPS) is 18.2. The minimum absolute atomic E-state index is 0.434. The standard InChI is InChI=1S/C15H33N/c1-8-12(3)10-14(16-9-2)11-13(4)15(5,6)7/h12-14,16H,8-11H2,1-7H3. The average molecular weight is 227 g/mol. The van der Waals surface area contributed by atoms with Crippen LogP contribution in [0.4, 0.5) is 0 Å². The van der Waals surface area contributed by atoms with Crippen LogP contribution in [0.15, 0.2) is 0 Å². The zero-order valence-corrected chi connectivity index (χ0v) is 12.6. The van der Waals surface area contributed by atoms with Crippen molar-refractivity contribution in [3.63, 3.8) is 0 Å². The molecule has 0 aromatic rings. The molecule has 0 aliphatic carbocycles. The lowest BCUT2D eigenvalue weighted by atomic mass is 9.77. The van der Waals surface area contributed by atoms with E-state index in [-0.39, 0.29) is 0 Å². The summed E-state index contributed by atoms with van der Waals surface area (Å²) in [7, 11) is 0. The van der Waals surface area contributed by atoms with E-state index in [4.69, 9.17) is 0 Å². The summed E-state index contributed by atoms with van der Waals surface area (Å²) < 4.78 is 0. The third-order valence-electron chi connectivity index (χ3n) is 3.99. The second-order valence-electron chi connectivity index (χ2n) is 6.51. The van der Waals surface area contributed by atoms with Gasteiger partial charge in [-0.1, -0.05) is 54.9 Å². The first kappa shape index (κ1) is 16.0. The molecule has 1 N–H and O–H groups in total. The minimum Gasteiger partial charge on any atom is -0.314 e. The molecule has 0 saturated heterocycles. The second kappa shape index (κ2) is 7.32. The van der Waals surface area contributed by atoms with Gasteiger partial charge in [0, 0.05) is 6.04 Å². The number of nitrogens with one attached hydrogen (secondary N) is 1. The molecule has 0 heterocycles. The van der Waals surface area contributed by atoms with Gasteiger partial charge in [0.1, 0.15) is 0 Å². The van der Waals surface area contributed by atoms with Crippen LogP contribution < -0.4 is 5.32 Å². The first-order chi connectivity index (χ1) is 7.31. The molecule has 98 valence electrons. The predicted octanol–water partition coefficient (Wildman–Crippen LogP) is 4.47. The zero-order valence-electron chi connectivity index (χ0n) is 12.6. The van der Waals surface area contributed by atoms with Crippen molar-refractivity contribution in [2.24, 2.45) is 17.3 Å². The highest BCUT2D eigenvalue weighted by Crippen LogP contribution is 2.30. The lowest BCUT2D eigenvalue weighted by Crippen LogP contribution is -2.34. The lowest BCUT2D eigenvalue weighted by Gasteiger charge is -2.32. The highest BCUT2D eigenvalue weighted by atomic mass is 14.9. The van der Waals surface area contributed by atoms with Crippen LogP contribution in [0.3, 0.4) is 0 Å². The van der Waals surface area contributed by atoms with E-state index in [1.54, 1.807) is 0 Å². The van der Waals surface area contributed by atoms with Gasteiger partial charge in [0.15, 0.2) is 0 Å². The van der Waals surface area contributed by atoms with Crippen LogP contribution in [-0.2, 0) is 0 Å². The molecule has 0 fully saturated rings. The Balaban J connectivity index is 4.22. The Hall–Kier alpha value is -0.0400. The molecule has 1 heteroatoms. The Bertz CT molecular complexity index is 169. The van der Waals surface area contributed by atoms with Crippen LogP contribution in [0.1, 0.15) is 67.7 Å². The third-order valence-corrected chi connectivity index (χ3v) is 3.99. The Morgan fingerprint density at radius 1 is 1.00 bits per heavy atom. The molecule has 0 amide bonds. The van der Waals surface area contributed by atoms with Crippen LogP contribution >= 0.6 is 0 Å². The van der Waals surface area contributed by atoms with Crippen molar-refractivity contribution in [3.8, 4) is 0 Å². The maximum atomic E-state index is 3.65. The number of hydrogen-bond acceptors (Lipinski definition) is 1. The summed E-state index contributed by atoms with van der Waals surface area (Å²) in [6, 6.07) is 0.703. The van der Waals surface area contributed by atoms with Crippen molar-refractivity contribution in [3.05, 3.63) is 0 Å². The third kappa shape index (κ3) is 6.52. The Kier molecular flexibility index (Phi) is 7.30. The van der Waals surface area contributed by atoms with Gasteiger partial charge in [0.2, 0.25) is 0 Å². The van der Waals surface area contributed by atoms with E-state index in [1.165, 1.54) is 19.3 Å². The molecule has 3 unspecified atom stereocenters. The van der Waals surface area contributed by atoms with E-state index in [9.17, 15) is 0 Å². The number of hydrogen-bond donors (Lipinski definition) is 1. The second-order valence-corrected chi connectivity index (χ2v) is 6.51. The molecule has 0 spiro atoms. The first-order valence-corrected chi connectivity index (χ1v) is 7.04. The fraction of sp³-hybridized carbons (Fsp3) is 1.00. The van der Waals surface area contributed by atoms with E-state index < -0.39 is 0 Å². The van der Waals surface area contributed by atoms with Crippen LogP contribution in [0, 0.1) is 17.3 Å². The quantitative estimate of drug-likeness (QED) is 0.676. The highest BCUT2D eigenvalue weighted by molar-refractivity contribution is 4.78. The van der Waals surface area contributed by atoms with Gasteiger partial charge in [-0.25, -0.2) is 0 Å². The largest absolute Gasteiger partial charge is 0.314 e. The van der Waals surface area contributed by atoms with E-state index in [0.29, 0.717) is 11.5 Å². The predicted molar refractivity (Wildman–Crippen MR) is 74.8 cm³/mol. The molecule has 0 rings (SSSR count). The molecule has 0 aromatic carbocycles. The molecule has 0 aliphatic heterocycles. The van der Waals surface area contributed by atoms with Gasteiger partial charge in [-0.3, -0.25) is 0 Å². The molecular formula is C15H33N. The fourth-order valence-electron chi connectivity index (χ4n) is 1.98. The molecule has 0 bridgehead atoms. The topological polar surface area (TPSA) is 12.0 Å². The molecule has 0 radical (unpaired) electrons. The molecule has 16 heavy (non-hydrogen) atoms. The van der Waals surface area contributed by atoms with Gasteiger partial charge in [-0.15, -0.1) is 0 Å². The fourth-order valence-corrected chi connectivity index (χ4v) is 1.98. The molecular weight excluding hydrogens is 194 g/mol. The van der Waals surface area contributed by atoms with Crippen molar-refractivity contribution in [1.29, 1.82) is 0 Å². The summed E-state index contributed by atoms with van der Waals surface area (Å²) in [6.07, 6.45) is 3.93. The van der Waals surface area contributed by atoms with Gasteiger partial charge in [-0.2, -0.15) is 0 Å². The lowest BCUT2D eigenvalue weighted by molar-refractivity contribution is 0.212. The molecule has 0 aromatic heterocycles. The maximum absolute atomic E-state index is 3.65.